The minimum absolute atomic E-state index is 0.0500. The van der Waals surface area contributed by atoms with E-state index in [9.17, 15) is 4.79 Å². The summed E-state index contributed by atoms with van der Waals surface area (Å²) in [4.78, 5) is 11.5. The van der Waals surface area contributed by atoms with E-state index in [1.807, 2.05) is 6.20 Å². The Morgan fingerprint density at radius 3 is 2.47 bits per heavy atom. The van der Waals surface area contributed by atoms with Gasteiger partial charge in [-0.05, 0) is 12.8 Å². The number of hydrogen-bond acceptors (Lipinski definition) is 2. The molecule has 0 spiro atoms. The van der Waals surface area contributed by atoms with Gasteiger partial charge in [-0.3, -0.25) is 4.57 Å². The molecule has 1 N–H and O–H groups in total. The van der Waals surface area contributed by atoms with Gasteiger partial charge in [0, 0.05) is 38.6 Å². The SMILES string of the molecule is CC(C)C(C)NCCn1ccn(C)c1=O. The van der Waals surface area contributed by atoms with Crippen LogP contribution >= 0.6 is 0 Å². The Kier molecular flexibility index (Phi) is 4.15. The van der Waals surface area contributed by atoms with Crippen molar-refractivity contribution in [1.29, 1.82) is 0 Å². The second-order valence-electron chi connectivity index (χ2n) is 4.37. The summed E-state index contributed by atoms with van der Waals surface area (Å²) in [5, 5.41) is 3.40. The Hall–Kier alpha value is -1.03. The third-order valence-corrected chi connectivity index (χ3v) is 2.84. The predicted octanol–water partition coefficient (Wildman–Crippen LogP) is 0.821. The fourth-order valence-corrected chi connectivity index (χ4v) is 1.33. The number of imidazole rings is 1. The van der Waals surface area contributed by atoms with Crippen LogP contribution in [-0.2, 0) is 13.6 Å². The number of nitrogens with one attached hydrogen (secondary N) is 1. The molecule has 1 aromatic heterocycles. The molecule has 15 heavy (non-hydrogen) atoms. The molecular formula is C11H21N3O. The highest BCUT2D eigenvalue weighted by atomic mass is 16.1. The van der Waals surface area contributed by atoms with Gasteiger partial charge in [-0.2, -0.15) is 0 Å². The van der Waals surface area contributed by atoms with E-state index < -0.39 is 0 Å². The topological polar surface area (TPSA) is 39.0 Å². The molecular weight excluding hydrogens is 190 g/mol. The summed E-state index contributed by atoms with van der Waals surface area (Å²) < 4.78 is 3.31. The van der Waals surface area contributed by atoms with Crippen LogP contribution in [0.25, 0.3) is 0 Å². The highest BCUT2D eigenvalue weighted by Crippen LogP contribution is 1.98. The van der Waals surface area contributed by atoms with Crippen LogP contribution in [0.15, 0.2) is 17.2 Å². The first-order chi connectivity index (χ1) is 7.02. The van der Waals surface area contributed by atoms with Gasteiger partial charge in [0.05, 0.1) is 0 Å². The largest absolute Gasteiger partial charge is 0.327 e. The van der Waals surface area contributed by atoms with E-state index in [0.717, 1.165) is 13.1 Å². The van der Waals surface area contributed by atoms with Gasteiger partial charge < -0.3 is 9.88 Å². The van der Waals surface area contributed by atoms with Crippen LogP contribution in [0.3, 0.4) is 0 Å². The van der Waals surface area contributed by atoms with E-state index >= 15 is 0 Å². The van der Waals surface area contributed by atoms with Crippen LogP contribution in [0, 0.1) is 5.92 Å². The Labute approximate surface area is 90.9 Å². The standard InChI is InChI=1S/C11H21N3O/c1-9(2)10(3)12-5-6-14-8-7-13(4)11(14)15/h7-10,12H,5-6H2,1-4H3. The molecule has 4 nitrogen and oxygen atoms in total. The second kappa shape index (κ2) is 5.16. The molecule has 0 radical (unpaired) electrons. The van der Waals surface area contributed by atoms with Crippen LogP contribution in [0.5, 0.6) is 0 Å². The zero-order chi connectivity index (χ0) is 11.4. The van der Waals surface area contributed by atoms with Gasteiger partial charge in [-0.25, -0.2) is 4.79 Å². The highest BCUT2D eigenvalue weighted by molar-refractivity contribution is 4.80. The van der Waals surface area contributed by atoms with E-state index in [-0.39, 0.29) is 5.69 Å². The van der Waals surface area contributed by atoms with Crippen molar-refractivity contribution in [1.82, 2.24) is 14.5 Å². The van der Waals surface area contributed by atoms with Crippen molar-refractivity contribution in [3.8, 4) is 0 Å². The van der Waals surface area contributed by atoms with E-state index in [2.05, 4.69) is 26.1 Å². The lowest BCUT2D eigenvalue weighted by Gasteiger charge is -2.17. The Bertz CT molecular complexity index is 351. The Morgan fingerprint density at radius 1 is 1.33 bits per heavy atom. The zero-order valence-electron chi connectivity index (χ0n) is 10.0. The summed E-state index contributed by atoms with van der Waals surface area (Å²) in [7, 11) is 1.77. The van der Waals surface area contributed by atoms with Crippen LogP contribution in [0.2, 0.25) is 0 Å². The van der Waals surface area contributed by atoms with Crippen molar-refractivity contribution < 1.29 is 0 Å². The number of aromatic nitrogens is 2. The highest BCUT2D eigenvalue weighted by Gasteiger charge is 2.05. The molecule has 1 aromatic rings. The quantitative estimate of drug-likeness (QED) is 0.783. The van der Waals surface area contributed by atoms with Crippen molar-refractivity contribution >= 4 is 0 Å². The second-order valence-corrected chi connectivity index (χ2v) is 4.37. The Balaban J connectivity index is 2.39. The predicted molar refractivity (Wildman–Crippen MR) is 62.0 cm³/mol. The van der Waals surface area contributed by atoms with Crippen LogP contribution < -0.4 is 11.0 Å². The first-order valence-corrected chi connectivity index (χ1v) is 5.47. The Morgan fingerprint density at radius 2 is 2.00 bits per heavy atom. The maximum Gasteiger partial charge on any atom is 0.327 e. The van der Waals surface area contributed by atoms with Gasteiger partial charge in [0.2, 0.25) is 0 Å². The zero-order valence-corrected chi connectivity index (χ0v) is 10.0. The molecule has 0 fully saturated rings. The van der Waals surface area contributed by atoms with Gasteiger partial charge in [0.1, 0.15) is 0 Å². The summed E-state index contributed by atoms with van der Waals surface area (Å²) in [5.41, 5.74) is 0.0500. The molecule has 4 heteroatoms. The molecule has 86 valence electrons. The molecule has 1 atom stereocenters. The first-order valence-electron chi connectivity index (χ1n) is 5.47. The average molecular weight is 211 g/mol. The minimum Gasteiger partial charge on any atom is -0.312 e. The van der Waals surface area contributed by atoms with E-state index in [4.69, 9.17) is 0 Å². The molecule has 1 rings (SSSR count). The molecule has 0 bridgehead atoms. The fraction of sp³-hybridized carbons (Fsp3) is 0.727. The third-order valence-electron chi connectivity index (χ3n) is 2.84. The summed E-state index contributed by atoms with van der Waals surface area (Å²) in [6.45, 7) is 8.11. The normalized spacial score (nSPS) is 13.4. The molecule has 0 aliphatic heterocycles. The molecule has 0 amide bonds. The lowest BCUT2D eigenvalue weighted by Crippen LogP contribution is -2.35. The molecule has 0 aliphatic rings. The molecule has 0 saturated heterocycles. The lowest BCUT2D eigenvalue weighted by molar-refractivity contribution is 0.414. The van der Waals surface area contributed by atoms with Gasteiger partial charge in [-0.15, -0.1) is 0 Å². The van der Waals surface area contributed by atoms with Gasteiger partial charge in [0.15, 0.2) is 0 Å². The van der Waals surface area contributed by atoms with Crippen molar-refractivity contribution in [2.24, 2.45) is 13.0 Å². The fourth-order valence-electron chi connectivity index (χ4n) is 1.33. The van der Waals surface area contributed by atoms with E-state index in [0.29, 0.717) is 12.0 Å². The van der Waals surface area contributed by atoms with Crippen LogP contribution in [0.1, 0.15) is 20.8 Å². The van der Waals surface area contributed by atoms with Crippen LogP contribution in [-0.4, -0.2) is 21.7 Å². The summed E-state index contributed by atoms with van der Waals surface area (Å²) >= 11 is 0. The van der Waals surface area contributed by atoms with E-state index in [1.165, 1.54) is 0 Å². The van der Waals surface area contributed by atoms with Gasteiger partial charge in [0.25, 0.3) is 0 Å². The molecule has 0 aromatic carbocycles. The molecule has 1 unspecified atom stereocenters. The van der Waals surface area contributed by atoms with Crippen molar-refractivity contribution in [2.45, 2.75) is 33.4 Å². The molecule has 0 saturated carbocycles. The van der Waals surface area contributed by atoms with Crippen molar-refractivity contribution in [2.75, 3.05) is 6.54 Å². The van der Waals surface area contributed by atoms with Crippen molar-refractivity contribution in [3.63, 3.8) is 0 Å². The summed E-state index contributed by atoms with van der Waals surface area (Å²) in [6.07, 6.45) is 3.61. The number of nitrogens with zero attached hydrogens (tertiary/aromatic N) is 2. The smallest absolute Gasteiger partial charge is 0.312 e. The van der Waals surface area contributed by atoms with Gasteiger partial charge >= 0.3 is 5.69 Å². The third kappa shape index (κ3) is 3.23. The van der Waals surface area contributed by atoms with E-state index in [1.54, 1.807) is 22.4 Å². The number of hydrogen-bond donors (Lipinski definition) is 1. The van der Waals surface area contributed by atoms with Crippen molar-refractivity contribution in [3.05, 3.63) is 22.9 Å². The summed E-state index contributed by atoms with van der Waals surface area (Å²) in [5.74, 6) is 0.623. The maximum atomic E-state index is 11.5. The summed E-state index contributed by atoms with van der Waals surface area (Å²) in [6, 6.07) is 0.490. The number of aryl methyl sites for hydroxylation is 1. The maximum absolute atomic E-state index is 11.5. The molecule has 1 heterocycles. The minimum atomic E-state index is 0.0500. The first kappa shape index (κ1) is 12.0. The lowest BCUT2D eigenvalue weighted by atomic mass is 10.1. The number of rotatable bonds is 5. The molecule has 0 aliphatic carbocycles. The average Bonchev–Trinajstić information content (AvgIpc) is 2.49. The van der Waals surface area contributed by atoms with Gasteiger partial charge in [-0.1, -0.05) is 13.8 Å². The van der Waals surface area contributed by atoms with Crippen LogP contribution in [0.4, 0.5) is 0 Å². The monoisotopic (exact) mass is 211 g/mol.